The van der Waals surface area contributed by atoms with Crippen LogP contribution in [0, 0.1) is 12.7 Å². The van der Waals surface area contributed by atoms with Crippen molar-refractivity contribution < 1.29 is 4.39 Å². The van der Waals surface area contributed by atoms with Gasteiger partial charge in [0.2, 0.25) is 0 Å². The zero-order valence-electron chi connectivity index (χ0n) is 18.4. The number of hydrogen-bond donors (Lipinski definition) is 0. The van der Waals surface area contributed by atoms with Gasteiger partial charge in [0.1, 0.15) is 11.5 Å². The molecule has 0 N–H and O–H groups in total. The number of aromatic nitrogens is 3. The summed E-state index contributed by atoms with van der Waals surface area (Å²) in [5.41, 5.74) is 4.23. The van der Waals surface area contributed by atoms with Crippen molar-refractivity contribution in [2.45, 2.75) is 6.92 Å². The van der Waals surface area contributed by atoms with Crippen LogP contribution in [0.4, 0.5) is 10.1 Å². The molecular weight excluding hydrogens is 515 g/mol. The van der Waals surface area contributed by atoms with Gasteiger partial charge in [-0.05, 0) is 73.2 Å². The lowest BCUT2D eigenvalue weighted by Crippen LogP contribution is -2.24. The molecule has 0 amide bonds. The molecular formula is C26H20BrFN4OS. The van der Waals surface area contributed by atoms with Gasteiger partial charge in [-0.1, -0.05) is 34.1 Å². The summed E-state index contributed by atoms with van der Waals surface area (Å²) in [5, 5.41) is 1.95. The molecule has 5 rings (SSSR count). The standard InChI is InChI=1S/C26H20BrFN4OS/c1-17-24(25(33)32(30(17)2)22-6-4-3-5-7-22)31-23(18-8-12-20(28)13-9-18)16-34-26(31)29-21-14-10-19(27)11-15-21/h3-16H,1-2H3. The van der Waals surface area contributed by atoms with E-state index in [0.29, 0.717) is 10.5 Å². The van der Waals surface area contributed by atoms with Crippen LogP contribution in [0.3, 0.4) is 0 Å². The van der Waals surface area contributed by atoms with Crippen LogP contribution in [0.5, 0.6) is 0 Å². The minimum Gasteiger partial charge on any atom is -0.283 e. The zero-order valence-corrected chi connectivity index (χ0v) is 20.8. The van der Waals surface area contributed by atoms with E-state index in [4.69, 9.17) is 4.99 Å². The lowest BCUT2D eigenvalue weighted by atomic mass is 10.1. The number of hydrogen-bond acceptors (Lipinski definition) is 3. The molecule has 0 bridgehead atoms. The molecule has 34 heavy (non-hydrogen) atoms. The molecule has 8 heteroatoms. The number of thiazole rings is 1. The molecule has 0 radical (unpaired) electrons. The predicted octanol–water partition coefficient (Wildman–Crippen LogP) is 6.14. The maximum atomic E-state index is 13.8. The van der Waals surface area contributed by atoms with Crippen molar-refractivity contribution in [3.63, 3.8) is 0 Å². The summed E-state index contributed by atoms with van der Waals surface area (Å²) >= 11 is 4.88. The van der Waals surface area contributed by atoms with Crippen LogP contribution in [0.25, 0.3) is 22.6 Å². The minimum atomic E-state index is -0.312. The van der Waals surface area contributed by atoms with Gasteiger partial charge in [0, 0.05) is 16.9 Å². The molecule has 0 spiro atoms. The Morgan fingerprint density at radius 1 is 0.941 bits per heavy atom. The van der Waals surface area contributed by atoms with E-state index in [1.54, 1.807) is 16.8 Å². The van der Waals surface area contributed by atoms with Crippen molar-refractivity contribution in [1.82, 2.24) is 13.9 Å². The highest BCUT2D eigenvalue weighted by Crippen LogP contribution is 2.26. The summed E-state index contributed by atoms with van der Waals surface area (Å²) in [7, 11) is 1.86. The molecule has 5 aromatic rings. The van der Waals surface area contributed by atoms with Crippen molar-refractivity contribution in [1.29, 1.82) is 0 Å². The summed E-state index contributed by atoms with van der Waals surface area (Å²) in [6.07, 6.45) is 0. The first kappa shape index (κ1) is 22.3. The van der Waals surface area contributed by atoms with E-state index in [-0.39, 0.29) is 11.4 Å². The SMILES string of the molecule is Cc1c(-n2c(-c3ccc(F)cc3)csc2=Nc2ccc(Br)cc2)c(=O)n(-c2ccccc2)n1C. The highest BCUT2D eigenvalue weighted by atomic mass is 79.9. The molecule has 0 saturated heterocycles. The average molecular weight is 535 g/mol. The zero-order chi connectivity index (χ0) is 23.8. The summed E-state index contributed by atoms with van der Waals surface area (Å²) in [4.78, 5) is 19.3. The van der Waals surface area contributed by atoms with Crippen LogP contribution in [0.1, 0.15) is 5.69 Å². The second-order valence-corrected chi connectivity index (χ2v) is 9.50. The fourth-order valence-corrected chi connectivity index (χ4v) is 5.04. The number of para-hydroxylation sites is 1. The monoisotopic (exact) mass is 534 g/mol. The number of halogens is 2. The number of nitrogens with zero attached hydrogens (tertiary/aromatic N) is 4. The predicted molar refractivity (Wildman–Crippen MR) is 138 cm³/mol. The van der Waals surface area contributed by atoms with Gasteiger partial charge in [0.15, 0.2) is 4.80 Å². The molecule has 170 valence electrons. The molecule has 2 aromatic heterocycles. The highest BCUT2D eigenvalue weighted by molar-refractivity contribution is 9.10. The third kappa shape index (κ3) is 3.99. The third-order valence-electron chi connectivity index (χ3n) is 5.65. The van der Waals surface area contributed by atoms with E-state index in [9.17, 15) is 9.18 Å². The van der Waals surface area contributed by atoms with Crippen molar-refractivity contribution in [2.24, 2.45) is 12.0 Å². The molecule has 0 atom stereocenters. The first-order valence-corrected chi connectivity index (χ1v) is 12.2. The first-order chi connectivity index (χ1) is 16.4. The normalized spacial score (nSPS) is 11.8. The molecule has 2 heterocycles. The lowest BCUT2D eigenvalue weighted by molar-refractivity contribution is 0.628. The molecule has 0 aliphatic heterocycles. The third-order valence-corrected chi connectivity index (χ3v) is 7.00. The second kappa shape index (κ2) is 9.04. The Kier molecular flexibility index (Phi) is 5.93. The van der Waals surface area contributed by atoms with E-state index < -0.39 is 0 Å². The number of benzene rings is 3. The van der Waals surface area contributed by atoms with Gasteiger partial charge in [-0.15, -0.1) is 11.3 Å². The maximum absolute atomic E-state index is 13.8. The van der Waals surface area contributed by atoms with Gasteiger partial charge >= 0.3 is 0 Å². The fourth-order valence-electron chi connectivity index (χ4n) is 3.86. The summed E-state index contributed by atoms with van der Waals surface area (Å²) in [6, 6.07) is 23.5. The minimum absolute atomic E-state index is 0.162. The van der Waals surface area contributed by atoms with Crippen molar-refractivity contribution in [2.75, 3.05) is 0 Å². The van der Waals surface area contributed by atoms with Crippen LogP contribution in [0.15, 0.2) is 98.5 Å². The summed E-state index contributed by atoms with van der Waals surface area (Å²) in [5.74, 6) is -0.312. The van der Waals surface area contributed by atoms with Gasteiger partial charge < -0.3 is 0 Å². The van der Waals surface area contributed by atoms with Crippen LogP contribution < -0.4 is 10.4 Å². The second-order valence-electron chi connectivity index (χ2n) is 7.74. The topological polar surface area (TPSA) is 44.2 Å². The van der Waals surface area contributed by atoms with E-state index in [1.807, 2.05) is 83.2 Å². The van der Waals surface area contributed by atoms with E-state index >= 15 is 0 Å². The smallest absolute Gasteiger partial charge is 0.283 e. The van der Waals surface area contributed by atoms with Crippen LogP contribution in [0.2, 0.25) is 0 Å². The quantitative estimate of drug-likeness (QED) is 0.273. The van der Waals surface area contributed by atoms with Gasteiger partial charge in [-0.25, -0.2) is 14.1 Å². The molecule has 0 unspecified atom stereocenters. The average Bonchev–Trinajstić information content (AvgIpc) is 3.34. The van der Waals surface area contributed by atoms with Crippen molar-refractivity contribution in [3.05, 3.63) is 115 Å². The highest BCUT2D eigenvalue weighted by Gasteiger charge is 2.22. The van der Waals surface area contributed by atoms with Crippen molar-refractivity contribution in [3.8, 4) is 22.6 Å². The van der Waals surface area contributed by atoms with E-state index in [0.717, 1.165) is 32.8 Å². The van der Waals surface area contributed by atoms with E-state index in [2.05, 4.69) is 15.9 Å². The van der Waals surface area contributed by atoms with Crippen LogP contribution in [-0.4, -0.2) is 13.9 Å². The Morgan fingerprint density at radius 2 is 1.62 bits per heavy atom. The molecule has 0 saturated carbocycles. The molecule has 0 fully saturated rings. The Hall–Kier alpha value is -3.49. The van der Waals surface area contributed by atoms with Gasteiger partial charge in [-0.3, -0.25) is 14.0 Å². The molecule has 0 aliphatic rings. The molecule has 3 aromatic carbocycles. The van der Waals surface area contributed by atoms with Crippen molar-refractivity contribution >= 4 is 33.0 Å². The van der Waals surface area contributed by atoms with Gasteiger partial charge in [-0.2, -0.15) is 0 Å². The summed E-state index contributed by atoms with van der Waals surface area (Å²) in [6.45, 7) is 1.92. The van der Waals surface area contributed by atoms with Gasteiger partial charge in [0.25, 0.3) is 5.56 Å². The van der Waals surface area contributed by atoms with E-state index in [1.165, 1.54) is 23.5 Å². The Labute approximate surface area is 207 Å². The first-order valence-electron chi connectivity index (χ1n) is 10.6. The molecule has 5 nitrogen and oxygen atoms in total. The van der Waals surface area contributed by atoms with Crippen LogP contribution in [-0.2, 0) is 7.05 Å². The van der Waals surface area contributed by atoms with Crippen LogP contribution >= 0.6 is 27.3 Å². The Balaban J connectivity index is 1.81. The largest absolute Gasteiger partial charge is 0.296 e. The Morgan fingerprint density at radius 3 is 2.29 bits per heavy atom. The Bertz CT molecular complexity index is 1590. The summed E-state index contributed by atoms with van der Waals surface area (Å²) < 4.78 is 20.0. The number of rotatable bonds is 4. The maximum Gasteiger partial charge on any atom is 0.296 e. The van der Waals surface area contributed by atoms with Gasteiger partial charge in [0.05, 0.1) is 22.8 Å². The fraction of sp³-hybridized carbons (Fsp3) is 0.0769. The molecule has 0 aliphatic carbocycles. The lowest BCUT2D eigenvalue weighted by Gasteiger charge is -2.08.